The van der Waals surface area contributed by atoms with Gasteiger partial charge in [-0.05, 0) is 78.9 Å². The van der Waals surface area contributed by atoms with Gasteiger partial charge in [0.2, 0.25) is 0 Å². The van der Waals surface area contributed by atoms with Crippen molar-refractivity contribution in [2.24, 2.45) is 10.7 Å². The van der Waals surface area contributed by atoms with E-state index in [9.17, 15) is 9.18 Å². The number of likely N-dealkylation sites (tertiary alicyclic amines) is 1. The minimum Gasteiger partial charge on any atom is -0.403 e. The molecule has 196 valence electrons. The number of nitrogens with two attached hydrogens (primary N) is 1. The lowest BCUT2D eigenvalue weighted by molar-refractivity contribution is 0.102. The molecule has 2 heterocycles. The summed E-state index contributed by atoms with van der Waals surface area (Å²) < 4.78 is 14.2. The van der Waals surface area contributed by atoms with Crippen LogP contribution < -0.4 is 11.1 Å². The highest BCUT2D eigenvalue weighted by Crippen LogP contribution is 2.34. The summed E-state index contributed by atoms with van der Waals surface area (Å²) in [7, 11) is 0. The number of aromatic nitrogens is 1. The standard InChI is InChI=1S/C29H28Cl2FN5O/c1-19(35-17-24(30)16-33)21-4-2-20(3-5-21)18-37-12-9-22(10-13-37)26-15-25(32)6-7-27(26)36-29(38)23-8-11-34-28(31)14-23/h2-8,11,14-17,22H,1,9-10,12-13,18,33H2,(H,36,38)/b24-16+,35-17?. The first-order valence-corrected chi connectivity index (χ1v) is 12.9. The predicted octanol–water partition coefficient (Wildman–Crippen LogP) is 6.59. The Balaban J connectivity index is 1.36. The summed E-state index contributed by atoms with van der Waals surface area (Å²) in [6.07, 6.45) is 5.92. The van der Waals surface area contributed by atoms with E-state index in [2.05, 4.69) is 38.9 Å². The summed E-state index contributed by atoms with van der Waals surface area (Å²) in [6, 6.07) is 15.7. The third-order valence-electron chi connectivity index (χ3n) is 6.47. The van der Waals surface area contributed by atoms with Gasteiger partial charge >= 0.3 is 0 Å². The molecule has 0 unspecified atom stereocenters. The van der Waals surface area contributed by atoms with Crippen LogP contribution in [0.25, 0.3) is 5.70 Å². The molecule has 1 saturated heterocycles. The Labute approximate surface area is 231 Å². The number of piperidine rings is 1. The highest BCUT2D eigenvalue weighted by atomic mass is 35.5. The monoisotopic (exact) mass is 551 g/mol. The number of hydrogen-bond acceptors (Lipinski definition) is 5. The van der Waals surface area contributed by atoms with Crippen molar-refractivity contribution in [2.45, 2.75) is 25.3 Å². The lowest BCUT2D eigenvalue weighted by atomic mass is 9.88. The van der Waals surface area contributed by atoms with Crippen LogP contribution >= 0.6 is 23.2 Å². The van der Waals surface area contributed by atoms with E-state index < -0.39 is 0 Å². The van der Waals surface area contributed by atoms with Crippen molar-refractivity contribution in [1.82, 2.24) is 9.88 Å². The minimum absolute atomic E-state index is 0.135. The lowest BCUT2D eigenvalue weighted by Crippen LogP contribution is -2.32. The number of carbonyl (C=O) groups excluding carboxylic acids is 1. The fraction of sp³-hybridized carbons (Fsp3) is 0.207. The summed E-state index contributed by atoms with van der Waals surface area (Å²) in [5.41, 5.74) is 9.85. The van der Waals surface area contributed by atoms with Crippen molar-refractivity contribution >= 4 is 46.7 Å². The van der Waals surface area contributed by atoms with Crippen molar-refractivity contribution in [3.63, 3.8) is 0 Å². The molecule has 0 aliphatic carbocycles. The van der Waals surface area contributed by atoms with E-state index in [0.717, 1.165) is 43.6 Å². The minimum atomic E-state index is -0.320. The molecule has 1 fully saturated rings. The first-order chi connectivity index (χ1) is 18.3. The van der Waals surface area contributed by atoms with Gasteiger partial charge in [0, 0.05) is 36.4 Å². The Morgan fingerprint density at radius 2 is 1.89 bits per heavy atom. The number of anilines is 1. The molecule has 0 saturated carbocycles. The van der Waals surface area contributed by atoms with Crippen LogP contribution in [0.4, 0.5) is 10.1 Å². The highest BCUT2D eigenvalue weighted by molar-refractivity contribution is 6.39. The molecule has 1 aliphatic heterocycles. The van der Waals surface area contributed by atoms with E-state index in [1.165, 1.54) is 42.4 Å². The second kappa shape index (κ2) is 12.8. The van der Waals surface area contributed by atoms with Crippen LogP contribution in [0.1, 0.15) is 45.8 Å². The molecule has 38 heavy (non-hydrogen) atoms. The average Bonchev–Trinajstić information content (AvgIpc) is 2.93. The lowest BCUT2D eigenvalue weighted by Gasteiger charge is -2.33. The number of amides is 1. The van der Waals surface area contributed by atoms with E-state index in [4.69, 9.17) is 28.9 Å². The molecule has 0 atom stereocenters. The van der Waals surface area contributed by atoms with E-state index in [1.807, 2.05) is 12.1 Å². The van der Waals surface area contributed by atoms with Crippen LogP contribution in [0.5, 0.6) is 0 Å². The van der Waals surface area contributed by atoms with Gasteiger partial charge in [0.05, 0.1) is 10.7 Å². The van der Waals surface area contributed by atoms with Crippen LogP contribution in [0, 0.1) is 5.82 Å². The van der Waals surface area contributed by atoms with Crippen molar-refractivity contribution in [3.8, 4) is 0 Å². The molecule has 3 N–H and O–H groups in total. The maximum absolute atomic E-state index is 14.2. The van der Waals surface area contributed by atoms with Crippen LogP contribution in [0.2, 0.25) is 5.15 Å². The summed E-state index contributed by atoms with van der Waals surface area (Å²) in [4.78, 5) is 23.3. The fourth-order valence-corrected chi connectivity index (χ4v) is 4.67. The van der Waals surface area contributed by atoms with Gasteiger partial charge in [-0.25, -0.2) is 9.37 Å². The number of hydrogen-bond donors (Lipinski definition) is 2. The Kier molecular flexibility index (Phi) is 9.29. The molecule has 0 radical (unpaired) electrons. The van der Waals surface area contributed by atoms with Gasteiger partial charge in [0.15, 0.2) is 0 Å². The Morgan fingerprint density at radius 1 is 1.16 bits per heavy atom. The van der Waals surface area contributed by atoms with Crippen molar-refractivity contribution < 1.29 is 9.18 Å². The zero-order valence-electron chi connectivity index (χ0n) is 20.7. The second-order valence-electron chi connectivity index (χ2n) is 9.06. The van der Waals surface area contributed by atoms with Gasteiger partial charge in [-0.3, -0.25) is 14.7 Å². The fourth-order valence-electron chi connectivity index (χ4n) is 4.44. The first-order valence-electron chi connectivity index (χ1n) is 12.2. The molecule has 0 bridgehead atoms. The number of aliphatic imine (C=N–C) groups is 1. The number of nitrogens with zero attached hydrogens (tertiary/aromatic N) is 3. The third-order valence-corrected chi connectivity index (χ3v) is 6.90. The molecule has 1 amide bonds. The van der Waals surface area contributed by atoms with E-state index in [-0.39, 0.29) is 22.8 Å². The Morgan fingerprint density at radius 3 is 2.58 bits per heavy atom. The Bertz CT molecular complexity index is 1370. The van der Waals surface area contributed by atoms with Crippen LogP contribution in [-0.2, 0) is 6.54 Å². The molecule has 3 aromatic rings. The van der Waals surface area contributed by atoms with E-state index in [0.29, 0.717) is 22.0 Å². The van der Waals surface area contributed by atoms with Crippen molar-refractivity contribution in [2.75, 3.05) is 18.4 Å². The van der Waals surface area contributed by atoms with Gasteiger partial charge in [0.25, 0.3) is 5.91 Å². The molecular formula is C29H28Cl2FN5O. The zero-order chi connectivity index (χ0) is 27.1. The summed E-state index contributed by atoms with van der Waals surface area (Å²) in [6.45, 7) is 6.49. The SMILES string of the molecule is C=C(N=C/C(Cl)=C\N)c1ccc(CN2CCC(c3cc(F)ccc3NC(=O)c3ccnc(Cl)c3)CC2)cc1. The van der Waals surface area contributed by atoms with Gasteiger partial charge in [-0.2, -0.15) is 0 Å². The zero-order valence-corrected chi connectivity index (χ0v) is 22.2. The summed E-state index contributed by atoms with van der Waals surface area (Å²) in [5, 5.41) is 3.51. The quantitative estimate of drug-likeness (QED) is 0.244. The smallest absolute Gasteiger partial charge is 0.255 e. The predicted molar refractivity (Wildman–Crippen MR) is 153 cm³/mol. The van der Waals surface area contributed by atoms with Gasteiger partial charge in [-0.1, -0.05) is 54.0 Å². The highest BCUT2D eigenvalue weighted by Gasteiger charge is 2.24. The van der Waals surface area contributed by atoms with Crippen LogP contribution in [-0.4, -0.2) is 35.1 Å². The number of benzene rings is 2. The maximum atomic E-state index is 14.2. The Hall–Kier alpha value is -3.52. The third kappa shape index (κ3) is 7.28. The molecule has 1 aliphatic rings. The molecule has 6 nitrogen and oxygen atoms in total. The van der Waals surface area contributed by atoms with Crippen molar-refractivity contribution in [3.05, 3.63) is 112 Å². The van der Waals surface area contributed by atoms with Crippen LogP contribution in [0.15, 0.2) is 83.6 Å². The summed E-state index contributed by atoms with van der Waals surface area (Å²) in [5.74, 6) is -0.494. The average molecular weight is 552 g/mol. The van der Waals surface area contributed by atoms with Crippen molar-refractivity contribution in [1.29, 1.82) is 0 Å². The summed E-state index contributed by atoms with van der Waals surface area (Å²) >= 11 is 11.8. The molecule has 2 aromatic carbocycles. The normalized spacial score (nSPS) is 15.1. The number of rotatable bonds is 8. The second-order valence-corrected chi connectivity index (χ2v) is 9.88. The van der Waals surface area contributed by atoms with Gasteiger partial charge in [0.1, 0.15) is 11.0 Å². The number of halogens is 3. The number of allylic oxidation sites excluding steroid dienone is 1. The van der Waals surface area contributed by atoms with Gasteiger partial charge < -0.3 is 11.1 Å². The molecular weight excluding hydrogens is 524 g/mol. The van der Waals surface area contributed by atoms with E-state index >= 15 is 0 Å². The van der Waals surface area contributed by atoms with E-state index in [1.54, 1.807) is 12.1 Å². The molecule has 9 heteroatoms. The number of nitrogens with one attached hydrogen (secondary N) is 1. The maximum Gasteiger partial charge on any atom is 0.255 e. The molecule has 1 aromatic heterocycles. The number of carbonyl (C=O) groups is 1. The topological polar surface area (TPSA) is 83.6 Å². The molecule has 0 spiro atoms. The van der Waals surface area contributed by atoms with Gasteiger partial charge in [-0.15, -0.1) is 0 Å². The number of pyridine rings is 1. The first kappa shape index (κ1) is 27.5. The molecule has 4 rings (SSSR count). The van der Waals surface area contributed by atoms with Crippen LogP contribution in [0.3, 0.4) is 0 Å². The largest absolute Gasteiger partial charge is 0.403 e.